The molecular formula is C14H19ClN2O. The Morgan fingerprint density at radius 3 is 2.94 bits per heavy atom. The molecular weight excluding hydrogens is 248 g/mol. The van der Waals surface area contributed by atoms with Crippen LogP contribution in [0.25, 0.3) is 0 Å². The van der Waals surface area contributed by atoms with E-state index in [4.69, 9.17) is 11.6 Å². The van der Waals surface area contributed by atoms with Crippen LogP contribution in [0.3, 0.4) is 0 Å². The fourth-order valence-electron chi connectivity index (χ4n) is 2.38. The van der Waals surface area contributed by atoms with Crippen LogP contribution < -0.4 is 5.32 Å². The van der Waals surface area contributed by atoms with Gasteiger partial charge in [-0.15, -0.1) is 11.6 Å². The van der Waals surface area contributed by atoms with E-state index < -0.39 is 0 Å². The number of aryl methyl sites for hydroxylation is 1. The summed E-state index contributed by atoms with van der Waals surface area (Å²) in [5.74, 6) is 0.294. The third-order valence-corrected chi connectivity index (χ3v) is 4.04. The molecule has 18 heavy (non-hydrogen) atoms. The zero-order valence-corrected chi connectivity index (χ0v) is 11.4. The Bertz CT molecular complexity index is 422. The number of rotatable bonds is 3. The molecule has 0 aromatic carbocycles. The number of hydrogen-bond donors (Lipinski definition) is 1. The highest BCUT2D eigenvalue weighted by Crippen LogP contribution is 2.27. The van der Waals surface area contributed by atoms with Gasteiger partial charge in [0, 0.05) is 17.6 Å². The molecule has 2 unspecified atom stereocenters. The lowest BCUT2D eigenvalue weighted by Gasteiger charge is -2.26. The van der Waals surface area contributed by atoms with Crippen molar-refractivity contribution >= 4 is 17.5 Å². The molecule has 1 aromatic rings. The van der Waals surface area contributed by atoms with E-state index in [1.54, 1.807) is 6.07 Å². The molecule has 0 spiro atoms. The van der Waals surface area contributed by atoms with Crippen LogP contribution in [0, 0.1) is 12.8 Å². The predicted octanol–water partition coefficient (Wildman–Crippen LogP) is 2.92. The van der Waals surface area contributed by atoms with Crippen LogP contribution in [0.1, 0.15) is 41.9 Å². The maximum atomic E-state index is 11.9. The van der Waals surface area contributed by atoms with E-state index >= 15 is 0 Å². The minimum absolute atomic E-state index is 0.104. The first kappa shape index (κ1) is 13.3. The first-order valence-corrected chi connectivity index (χ1v) is 6.96. The van der Waals surface area contributed by atoms with Gasteiger partial charge in [0.15, 0.2) is 0 Å². The minimum Gasteiger partial charge on any atom is -0.350 e. The fourth-order valence-corrected chi connectivity index (χ4v) is 2.75. The van der Waals surface area contributed by atoms with E-state index in [1.807, 2.05) is 19.1 Å². The lowest BCUT2D eigenvalue weighted by molar-refractivity contribution is 0.0939. The number of nitrogens with one attached hydrogen (secondary N) is 1. The summed E-state index contributed by atoms with van der Waals surface area (Å²) in [5, 5.41) is 3.14. The summed E-state index contributed by atoms with van der Waals surface area (Å²) < 4.78 is 0. The van der Waals surface area contributed by atoms with Crippen molar-refractivity contribution in [1.82, 2.24) is 10.3 Å². The Kier molecular flexibility index (Phi) is 4.59. The highest BCUT2D eigenvalue weighted by atomic mass is 35.5. The zero-order chi connectivity index (χ0) is 13.0. The number of aromatic nitrogens is 1. The van der Waals surface area contributed by atoms with Crippen molar-refractivity contribution in [3.05, 3.63) is 29.6 Å². The standard InChI is InChI=1S/C14H19ClN2O/c1-10-5-4-8-13(17-10)14(18)16-9-11-6-2-3-7-12(11)15/h4-5,8,11-12H,2-3,6-7,9H2,1H3,(H,16,18). The van der Waals surface area contributed by atoms with Crippen molar-refractivity contribution in [2.75, 3.05) is 6.54 Å². The first-order valence-electron chi connectivity index (χ1n) is 6.53. The number of nitrogens with zero attached hydrogens (tertiary/aromatic N) is 1. The molecule has 1 amide bonds. The topological polar surface area (TPSA) is 42.0 Å². The van der Waals surface area contributed by atoms with Gasteiger partial charge in [0.05, 0.1) is 0 Å². The van der Waals surface area contributed by atoms with Crippen molar-refractivity contribution in [2.45, 2.75) is 38.0 Å². The second kappa shape index (κ2) is 6.19. The van der Waals surface area contributed by atoms with Gasteiger partial charge in [-0.1, -0.05) is 18.9 Å². The maximum Gasteiger partial charge on any atom is 0.269 e. The highest BCUT2D eigenvalue weighted by Gasteiger charge is 2.23. The zero-order valence-electron chi connectivity index (χ0n) is 10.7. The molecule has 0 radical (unpaired) electrons. The third kappa shape index (κ3) is 3.45. The molecule has 1 fully saturated rings. The Labute approximate surface area is 113 Å². The minimum atomic E-state index is -0.104. The summed E-state index contributed by atoms with van der Waals surface area (Å²) >= 11 is 6.27. The number of carbonyl (C=O) groups excluding carboxylic acids is 1. The van der Waals surface area contributed by atoms with Crippen molar-refractivity contribution in [3.8, 4) is 0 Å². The summed E-state index contributed by atoms with van der Waals surface area (Å²) in [7, 11) is 0. The van der Waals surface area contributed by atoms with Gasteiger partial charge in [-0.3, -0.25) is 4.79 Å². The normalized spacial score (nSPS) is 23.7. The van der Waals surface area contributed by atoms with Gasteiger partial charge in [-0.05, 0) is 37.8 Å². The molecule has 1 aliphatic carbocycles. The smallest absolute Gasteiger partial charge is 0.269 e. The van der Waals surface area contributed by atoms with Crippen LogP contribution in [0.4, 0.5) is 0 Å². The summed E-state index contributed by atoms with van der Waals surface area (Å²) in [4.78, 5) is 16.1. The van der Waals surface area contributed by atoms with E-state index in [-0.39, 0.29) is 11.3 Å². The summed E-state index contributed by atoms with van der Waals surface area (Å²) in [6.45, 7) is 2.54. The van der Waals surface area contributed by atoms with Crippen molar-refractivity contribution in [3.63, 3.8) is 0 Å². The van der Waals surface area contributed by atoms with Crippen LogP contribution in [-0.2, 0) is 0 Å². The lowest BCUT2D eigenvalue weighted by Crippen LogP contribution is -2.35. The van der Waals surface area contributed by atoms with E-state index in [0.29, 0.717) is 18.2 Å². The van der Waals surface area contributed by atoms with Crippen LogP contribution >= 0.6 is 11.6 Å². The average molecular weight is 267 g/mol. The number of halogens is 1. The molecule has 98 valence electrons. The van der Waals surface area contributed by atoms with Gasteiger partial charge in [0.1, 0.15) is 5.69 Å². The monoisotopic (exact) mass is 266 g/mol. The van der Waals surface area contributed by atoms with Gasteiger partial charge in [-0.25, -0.2) is 4.98 Å². The Morgan fingerprint density at radius 2 is 2.22 bits per heavy atom. The van der Waals surface area contributed by atoms with Gasteiger partial charge < -0.3 is 5.32 Å². The van der Waals surface area contributed by atoms with Crippen LogP contribution in [-0.4, -0.2) is 22.8 Å². The molecule has 0 aliphatic heterocycles. The lowest BCUT2D eigenvalue weighted by atomic mass is 9.89. The molecule has 1 heterocycles. The number of alkyl halides is 1. The molecule has 1 aliphatic rings. The molecule has 0 bridgehead atoms. The van der Waals surface area contributed by atoms with Crippen LogP contribution in [0.5, 0.6) is 0 Å². The van der Waals surface area contributed by atoms with Crippen molar-refractivity contribution in [2.24, 2.45) is 5.92 Å². The highest BCUT2D eigenvalue weighted by molar-refractivity contribution is 6.20. The molecule has 2 atom stereocenters. The molecule has 3 nitrogen and oxygen atoms in total. The van der Waals surface area contributed by atoms with Gasteiger partial charge in [0.25, 0.3) is 5.91 Å². The number of amides is 1. The molecule has 4 heteroatoms. The Hall–Kier alpha value is -1.09. The largest absolute Gasteiger partial charge is 0.350 e. The second-order valence-corrected chi connectivity index (χ2v) is 5.50. The quantitative estimate of drug-likeness (QED) is 0.855. The summed E-state index contributed by atoms with van der Waals surface area (Å²) in [6.07, 6.45) is 4.59. The second-order valence-electron chi connectivity index (χ2n) is 4.93. The Morgan fingerprint density at radius 1 is 1.44 bits per heavy atom. The van der Waals surface area contributed by atoms with Crippen LogP contribution in [0.15, 0.2) is 18.2 Å². The third-order valence-electron chi connectivity index (χ3n) is 3.46. The molecule has 1 N–H and O–H groups in total. The average Bonchev–Trinajstić information content (AvgIpc) is 2.37. The van der Waals surface area contributed by atoms with E-state index in [1.165, 1.54) is 12.8 Å². The molecule has 2 rings (SSSR count). The Balaban J connectivity index is 1.88. The molecule has 1 saturated carbocycles. The first-order chi connectivity index (χ1) is 8.66. The van der Waals surface area contributed by atoms with Gasteiger partial charge >= 0.3 is 0 Å². The van der Waals surface area contributed by atoms with Crippen LogP contribution in [0.2, 0.25) is 0 Å². The van der Waals surface area contributed by atoms with E-state index in [0.717, 1.165) is 18.5 Å². The number of pyridine rings is 1. The van der Waals surface area contributed by atoms with Gasteiger partial charge in [0.2, 0.25) is 0 Å². The summed E-state index contributed by atoms with van der Waals surface area (Å²) in [5.41, 5.74) is 1.34. The number of hydrogen-bond acceptors (Lipinski definition) is 2. The fraction of sp³-hybridized carbons (Fsp3) is 0.571. The van der Waals surface area contributed by atoms with E-state index in [2.05, 4.69) is 10.3 Å². The van der Waals surface area contributed by atoms with Crippen molar-refractivity contribution in [1.29, 1.82) is 0 Å². The molecule has 1 aromatic heterocycles. The molecule has 0 saturated heterocycles. The number of carbonyl (C=O) groups is 1. The van der Waals surface area contributed by atoms with Crippen molar-refractivity contribution < 1.29 is 4.79 Å². The van der Waals surface area contributed by atoms with Gasteiger partial charge in [-0.2, -0.15) is 0 Å². The maximum absolute atomic E-state index is 11.9. The SMILES string of the molecule is Cc1cccc(C(=O)NCC2CCCCC2Cl)n1. The summed E-state index contributed by atoms with van der Waals surface area (Å²) in [6, 6.07) is 5.47. The van der Waals surface area contributed by atoms with E-state index in [9.17, 15) is 4.79 Å². The predicted molar refractivity (Wildman–Crippen MR) is 72.9 cm³/mol.